The lowest BCUT2D eigenvalue weighted by Gasteiger charge is -2.20. The van der Waals surface area contributed by atoms with Crippen molar-refractivity contribution in [3.63, 3.8) is 0 Å². The average Bonchev–Trinajstić information content (AvgIpc) is 3.23. The standard InChI is InChI=1S/C18H20N6O/c1-12-21-15(13-3-6-19-7-4-13)11-16(22-12)23-14-5-10-25-17(14)18-20-8-9-24(18)2/h3-4,6-9,11,14,17H,5,10H2,1-2H3,(H,21,22,23)/t14-,17-/m0/s1. The van der Waals surface area contributed by atoms with Gasteiger partial charge in [-0.2, -0.15) is 0 Å². The fourth-order valence-electron chi connectivity index (χ4n) is 3.15. The van der Waals surface area contributed by atoms with E-state index in [-0.39, 0.29) is 12.1 Å². The second-order valence-corrected chi connectivity index (χ2v) is 6.15. The third kappa shape index (κ3) is 3.23. The van der Waals surface area contributed by atoms with E-state index in [2.05, 4.69) is 25.3 Å². The van der Waals surface area contributed by atoms with E-state index in [1.54, 1.807) is 18.6 Å². The molecule has 7 nitrogen and oxygen atoms in total. The molecule has 0 radical (unpaired) electrons. The quantitative estimate of drug-likeness (QED) is 0.789. The first-order valence-corrected chi connectivity index (χ1v) is 8.32. The summed E-state index contributed by atoms with van der Waals surface area (Å²) in [6.45, 7) is 2.60. The molecular formula is C18H20N6O. The molecule has 1 aliphatic rings. The molecule has 1 saturated heterocycles. The lowest BCUT2D eigenvalue weighted by atomic mass is 10.1. The van der Waals surface area contributed by atoms with E-state index in [1.165, 1.54) is 0 Å². The Labute approximate surface area is 146 Å². The van der Waals surface area contributed by atoms with Gasteiger partial charge in [-0.05, 0) is 25.5 Å². The molecule has 0 spiro atoms. The van der Waals surface area contributed by atoms with Gasteiger partial charge >= 0.3 is 0 Å². The van der Waals surface area contributed by atoms with E-state index < -0.39 is 0 Å². The van der Waals surface area contributed by atoms with Crippen LogP contribution >= 0.6 is 0 Å². The summed E-state index contributed by atoms with van der Waals surface area (Å²) in [7, 11) is 1.98. The van der Waals surface area contributed by atoms with Crippen LogP contribution in [0.5, 0.6) is 0 Å². The van der Waals surface area contributed by atoms with Gasteiger partial charge in [-0.25, -0.2) is 15.0 Å². The van der Waals surface area contributed by atoms with Crippen molar-refractivity contribution in [2.24, 2.45) is 7.05 Å². The van der Waals surface area contributed by atoms with Gasteiger partial charge in [0.2, 0.25) is 0 Å². The van der Waals surface area contributed by atoms with Crippen LogP contribution in [0.2, 0.25) is 0 Å². The van der Waals surface area contributed by atoms with Crippen LogP contribution in [0.4, 0.5) is 5.82 Å². The Hall–Kier alpha value is -2.80. The van der Waals surface area contributed by atoms with Gasteiger partial charge in [0.05, 0.1) is 11.7 Å². The minimum absolute atomic E-state index is 0.0837. The van der Waals surface area contributed by atoms with Crippen LogP contribution in [0.25, 0.3) is 11.3 Å². The van der Waals surface area contributed by atoms with E-state index in [9.17, 15) is 0 Å². The van der Waals surface area contributed by atoms with Crippen molar-refractivity contribution in [1.29, 1.82) is 0 Å². The minimum Gasteiger partial charge on any atom is -0.368 e. The molecular weight excluding hydrogens is 316 g/mol. The van der Waals surface area contributed by atoms with Crippen molar-refractivity contribution in [3.8, 4) is 11.3 Å². The number of ether oxygens (including phenoxy) is 1. The SMILES string of the molecule is Cc1nc(N[C@H]2CCO[C@@H]2c2nccn2C)cc(-c2ccncc2)n1. The number of pyridine rings is 1. The van der Waals surface area contributed by atoms with E-state index >= 15 is 0 Å². The highest BCUT2D eigenvalue weighted by Crippen LogP contribution is 2.30. The Morgan fingerprint density at radius 1 is 1.20 bits per heavy atom. The Balaban J connectivity index is 1.60. The molecule has 1 N–H and O–H groups in total. The summed E-state index contributed by atoms with van der Waals surface area (Å²) in [6.07, 6.45) is 8.09. The normalized spacial score (nSPS) is 19.9. The monoisotopic (exact) mass is 336 g/mol. The second kappa shape index (κ2) is 6.60. The molecule has 128 valence electrons. The van der Waals surface area contributed by atoms with Crippen LogP contribution in [0, 0.1) is 6.92 Å². The topological polar surface area (TPSA) is 77.8 Å². The lowest BCUT2D eigenvalue weighted by molar-refractivity contribution is 0.0983. The predicted octanol–water partition coefficient (Wildman–Crippen LogP) is 2.52. The molecule has 25 heavy (non-hydrogen) atoms. The van der Waals surface area contributed by atoms with Crippen molar-refractivity contribution in [1.82, 2.24) is 24.5 Å². The second-order valence-electron chi connectivity index (χ2n) is 6.15. The molecule has 0 amide bonds. The van der Waals surface area contributed by atoms with E-state index in [4.69, 9.17) is 4.74 Å². The zero-order valence-electron chi connectivity index (χ0n) is 14.3. The summed E-state index contributed by atoms with van der Waals surface area (Å²) < 4.78 is 7.91. The highest BCUT2D eigenvalue weighted by molar-refractivity contribution is 5.62. The highest BCUT2D eigenvalue weighted by atomic mass is 16.5. The fourth-order valence-corrected chi connectivity index (χ4v) is 3.15. The van der Waals surface area contributed by atoms with Crippen LogP contribution in [0.3, 0.4) is 0 Å². The Bertz CT molecular complexity index is 863. The third-order valence-corrected chi connectivity index (χ3v) is 4.35. The first-order valence-electron chi connectivity index (χ1n) is 8.32. The first kappa shape index (κ1) is 15.7. The molecule has 4 heterocycles. The molecule has 0 aliphatic carbocycles. The molecule has 0 saturated carbocycles. The number of aryl methyl sites for hydroxylation is 2. The molecule has 0 aromatic carbocycles. The van der Waals surface area contributed by atoms with Gasteiger partial charge in [-0.15, -0.1) is 0 Å². The van der Waals surface area contributed by atoms with Gasteiger partial charge in [-0.3, -0.25) is 4.98 Å². The smallest absolute Gasteiger partial charge is 0.139 e. The van der Waals surface area contributed by atoms with Crippen LogP contribution in [-0.2, 0) is 11.8 Å². The predicted molar refractivity (Wildman–Crippen MR) is 93.9 cm³/mol. The van der Waals surface area contributed by atoms with Crippen molar-refractivity contribution in [2.75, 3.05) is 11.9 Å². The van der Waals surface area contributed by atoms with Gasteiger partial charge in [0, 0.05) is 50.1 Å². The summed E-state index contributed by atoms with van der Waals surface area (Å²) in [6, 6.07) is 5.98. The number of rotatable bonds is 4. The van der Waals surface area contributed by atoms with Crippen molar-refractivity contribution >= 4 is 5.82 Å². The molecule has 0 unspecified atom stereocenters. The molecule has 7 heteroatoms. The largest absolute Gasteiger partial charge is 0.368 e. The number of anilines is 1. The third-order valence-electron chi connectivity index (χ3n) is 4.35. The maximum atomic E-state index is 5.91. The van der Waals surface area contributed by atoms with E-state index in [0.29, 0.717) is 6.61 Å². The van der Waals surface area contributed by atoms with E-state index in [0.717, 1.165) is 35.1 Å². The van der Waals surface area contributed by atoms with Crippen LogP contribution in [0.15, 0.2) is 43.0 Å². The van der Waals surface area contributed by atoms with Gasteiger partial charge < -0.3 is 14.6 Å². The molecule has 1 fully saturated rings. The number of aromatic nitrogens is 5. The van der Waals surface area contributed by atoms with Crippen LogP contribution in [-0.4, -0.2) is 37.2 Å². The maximum absolute atomic E-state index is 5.91. The summed E-state index contributed by atoms with van der Waals surface area (Å²) in [4.78, 5) is 17.6. The summed E-state index contributed by atoms with van der Waals surface area (Å²) in [5.74, 6) is 2.45. The number of nitrogens with one attached hydrogen (secondary N) is 1. The number of hydrogen-bond acceptors (Lipinski definition) is 6. The molecule has 0 bridgehead atoms. The molecule has 3 aromatic rings. The molecule has 4 rings (SSSR count). The maximum Gasteiger partial charge on any atom is 0.139 e. The summed E-state index contributed by atoms with van der Waals surface area (Å²) in [5.41, 5.74) is 1.90. The Kier molecular flexibility index (Phi) is 4.15. The molecule has 3 aromatic heterocycles. The fraction of sp³-hybridized carbons (Fsp3) is 0.333. The van der Waals surface area contributed by atoms with Crippen molar-refractivity contribution in [2.45, 2.75) is 25.5 Å². The van der Waals surface area contributed by atoms with Crippen molar-refractivity contribution in [3.05, 3.63) is 54.6 Å². The summed E-state index contributed by atoms with van der Waals surface area (Å²) >= 11 is 0. The minimum atomic E-state index is -0.0837. The zero-order chi connectivity index (χ0) is 17.2. The van der Waals surface area contributed by atoms with Crippen LogP contribution in [0.1, 0.15) is 24.2 Å². The number of nitrogens with zero attached hydrogens (tertiary/aromatic N) is 5. The summed E-state index contributed by atoms with van der Waals surface area (Å²) in [5, 5.41) is 3.51. The highest BCUT2D eigenvalue weighted by Gasteiger charge is 2.32. The first-order chi connectivity index (χ1) is 12.2. The van der Waals surface area contributed by atoms with Gasteiger partial charge in [-0.1, -0.05) is 0 Å². The number of imidazole rings is 1. The molecule has 2 atom stereocenters. The lowest BCUT2D eigenvalue weighted by Crippen LogP contribution is -2.26. The van der Waals surface area contributed by atoms with E-state index in [1.807, 2.05) is 42.9 Å². The Morgan fingerprint density at radius 3 is 2.80 bits per heavy atom. The van der Waals surface area contributed by atoms with Gasteiger partial charge in [0.15, 0.2) is 0 Å². The average molecular weight is 336 g/mol. The van der Waals surface area contributed by atoms with Gasteiger partial charge in [0.25, 0.3) is 0 Å². The van der Waals surface area contributed by atoms with Crippen molar-refractivity contribution < 1.29 is 4.74 Å². The Morgan fingerprint density at radius 2 is 2.04 bits per heavy atom. The zero-order valence-corrected chi connectivity index (χ0v) is 14.3. The molecule has 1 aliphatic heterocycles. The van der Waals surface area contributed by atoms with Gasteiger partial charge in [0.1, 0.15) is 23.6 Å². The van der Waals surface area contributed by atoms with Crippen LogP contribution < -0.4 is 5.32 Å². The number of hydrogen-bond donors (Lipinski definition) is 1.